The fourth-order valence-corrected chi connectivity index (χ4v) is 3.07. The Balaban J connectivity index is 1.80. The van der Waals surface area contributed by atoms with Crippen molar-refractivity contribution in [3.8, 4) is 0 Å². The van der Waals surface area contributed by atoms with E-state index in [0.717, 1.165) is 17.1 Å². The molecule has 134 valence electrons. The quantitative estimate of drug-likeness (QED) is 0.923. The normalized spacial score (nSPS) is 17.8. The minimum absolute atomic E-state index is 0.0130. The van der Waals surface area contributed by atoms with Gasteiger partial charge in [0.15, 0.2) is 0 Å². The number of pyridine rings is 1. The molecule has 2 aromatic heterocycles. The first-order valence-electron chi connectivity index (χ1n) is 8.60. The summed E-state index contributed by atoms with van der Waals surface area (Å²) in [5.74, 6) is -0.0130. The highest BCUT2D eigenvalue weighted by molar-refractivity contribution is 5.92. The molecule has 1 fully saturated rings. The maximum atomic E-state index is 12.9. The van der Waals surface area contributed by atoms with Crippen molar-refractivity contribution in [2.24, 2.45) is 0 Å². The number of morpholine rings is 1. The molecule has 0 unspecified atom stereocenters. The second kappa shape index (κ2) is 7.23. The van der Waals surface area contributed by atoms with E-state index in [4.69, 9.17) is 4.74 Å². The number of aryl methyl sites for hydroxylation is 1. The summed E-state index contributed by atoms with van der Waals surface area (Å²) in [7, 11) is 1.88. The number of aromatic nitrogens is 3. The van der Waals surface area contributed by atoms with Crippen molar-refractivity contribution in [1.82, 2.24) is 19.7 Å². The molecule has 0 spiro atoms. The first kappa shape index (κ1) is 17.4. The van der Waals surface area contributed by atoms with Gasteiger partial charge in [-0.05, 0) is 39.0 Å². The SMILES string of the molecule is CNc1cc(C)nc([C@@H]2CN(C(=O)c3ccnn3C(C)C)CCO2)c1. The Morgan fingerprint density at radius 1 is 1.40 bits per heavy atom. The van der Waals surface area contributed by atoms with Gasteiger partial charge in [-0.1, -0.05) is 0 Å². The monoisotopic (exact) mass is 343 g/mol. The van der Waals surface area contributed by atoms with E-state index in [1.807, 2.05) is 44.9 Å². The van der Waals surface area contributed by atoms with Gasteiger partial charge < -0.3 is 15.0 Å². The molecule has 1 amide bonds. The van der Waals surface area contributed by atoms with Crippen LogP contribution in [0.15, 0.2) is 24.4 Å². The number of carbonyl (C=O) groups is 1. The maximum absolute atomic E-state index is 12.9. The van der Waals surface area contributed by atoms with Crippen LogP contribution in [-0.2, 0) is 4.74 Å². The zero-order chi connectivity index (χ0) is 18.0. The Morgan fingerprint density at radius 2 is 2.20 bits per heavy atom. The highest BCUT2D eigenvalue weighted by atomic mass is 16.5. The zero-order valence-corrected chi connectivity index (χ0v) is 15.2. The summed E-state index contributed by atoms with van der Waals surface area (Å²) in [6.07, 6.45) is 1.45. The van der Waals surface area contributed by atoms with E-state index in [1.54, 1.807) is 16.9 Å². The van der Waals surface area contributed by atoms with E-state index in [9.17, 15) is 4.79 Å². The molecule has 1 aliphatic rings. The molecule has 1 aliphatic heterocycles. The summed E-state index contributed by atoms with van der Waals surface area (Å²) in [5.41, 5.74) is 3.38. The van der Waals surface area contributed by atoms with E-state index < -0.39 is 0 Å². The number of ether oxygens (including phenoxy) is 1. The largest absolute Gasteiger partial charge is 0.388 e. The molecule has 3 rings (SSSR count). The van der Waals surface area contributed by atoms with Gasteiger partial charge in [0.2, 0.25) is 0 Å². The summed E-state index contributed by atoms with van der Waals surface area (Å²) >= 11 is 0. The molecule has 25 heavy (non-hydrogen) atoms. The summed E-state index contributed by atoms with van der Waals surface area (Å²) < 4.78 is 7.65. The highest BCUT2D eigenvalue weighted by Crippen LogP contribution is 2.25. The molecule has 1 N–H and O–H groups in total. The van der Waals surface area contributed by atoms with Gasteiger partial charge in [0.25, 0.3) is 5.91 Å². The molecule has 0 bridgehead atoms. The van der Waals surface area contributed by atoms with Crippen LogP contribution >= 0.6 is 0 Å². The van der Waals surface area contributed by atoms with Crippen molar-refractivity contribution < 1.29 is 9.53 Å². The van der Waals surface area contributed by atoms with E-state index in [1.165, 1.54) is 0 Å². The van der Waals surface area contributed by atoms with Gasteiger partial charge in [0.1, 0.15) is 11.8 Å². The van der Waals surface area contributed by atoms with Crippen LogP contribution in [0.4, 0.5) is 5.69 Å². The van der Waals surface area contributed by atoms with Crippen LogP contribution in [0.2, 0.25) is 0 Å². The molecule has 0 radical (unpaired) electrons. The van der Waals surface area contributed by atoms with Gasteiger partial charge in [-0.3, -0.25) is 14.5 Å². The van der Waals surface area contributed by atoms with Gasteiger partial charge in [0, 0.05) is 37.2 Å². The predicted molar refractivity (Wildman–Crippen MR) is 95.7 cm³/mol. The zero-order valence-electron chi connectivity index (χ0n) is 15.2. The molecular formula is C18H25N5O2. The van der Waals surface area contributed by atoms with Gasteiger partial charge in [-0.15, -0.1) is 0 Å². The predicted octanol–water partition coefficient (Wildman–Crippen LogP) is 2.42. The fourth-order valence-electron chi connectivity index (χ4n) is 3.07. The third-order valence-electron chi connectivity index (χ3n) is 4.32. The number of carbonyl (C=O) groups excluding carboxylic acids is 1. The molecule has 2 aromatic rings. The molecule has 1 atom stereocenters. The Labute approximate surface area is 148 Å². The first-order chi connectivity index (χ1) is 12.0. The first-order valence-corrected chi connectivity index (χ1v) is 8.60. The topological polar surface area (TPSA) is 72.3 Å². The smallest absolute Gasteiger partial charge is 0.272 e. The average Bonchev–Trinajstić information content (AvgIpc) is 3.10. The fraction of sp³-hybridized carbons (Fsp3) is 0.500. The van der Waals surface area contributed by atoms with Crippen LogP contribution in [0, 0.1) is 6.92 Å². The minimum atomic E-state index is -0.222. The average molecular weight is 343 g/mol. The number of nitrogens with zero attached hydrogens (tertiary/aromatic N) is 4. The molecule has 3 heterocycles. The van der Waals surface area contributed by atoms with E-state index in [0.29, 0.717) is 25.4 Å². The lowest BCUT2D eigenvalue weighted by atomic mass is 10.1. The van der Waals surface area contributed by atoms with Crippen molar-refractivity contribution in [1.29, 1.82) is 0 Å². The van der Waals surface area contributed by atoms with Crippen LogP contribution in [0.1, 0.15) is 47.9 Å². The summed E-state index contributed by atoms with van der Waals surface area (Å²) in [5, 5.41) is 7.40. The maximum Gasteiger partial charge on any atom is 0.272 e. The molecule has 7 heteroatoms. The number of anilines is 1. The second-order valence-electron chi connectivity index (χ2n) is 6.54. The van der Waals surface area contributed by atoms with Crippen molar-refractivity contribution in [2.45, 2.75) is 32.9 Å². The Hall–Kier alpha value is -2.41. The Bertz CT molecular complexity index is 756. The molecular weight excluding hydrogens is 318 g/mol. The summed E-state index contributed by atoms with van der Waals surface area (Å²) in [6, 6.07) is 5.87. The standard InChI is InChI=1S/C18H25N5O2/c1-12(2)23-16(5-6-20-23)18(24)22-7-8-25-17(11-22)15-10-14(19-4)9-13(3)21-15/h5-6,9-10,12,17H,7-8,11H2,1-4H3,(H,19,21)/t17-/m0/s1. The lowest BCUT2D eigenvalue weighted by Crippen LogP contribution is -2.43. The van der Waals surface area contributed by atoms with E-state index in [-0.39, 0.29) is 18.1 Å². The van der Waals surface area contributed by atoms with Gasteiger partial charge >= 0.3 is 0 Å². The third kappa shape index (κ3) is 3.66. The Morgan fingerprint density at radius 3 is 2.92 bits per heavy atom. The van der Waals surface area contributed by atoms with Gasteiger partial charge in [-0.25, -0.2) is 0 Å². The Kier molecular flexibility index (Phi) is 5.03. The van der Waals surface area contributed by atoms with Crippen LogP contribution in [-0.4, -0.2) is 52.3 Å². The van der Waals surface area contributed by atoms with Crippen LogP contribution in [0.25, 0.3) is 0 Å². The van der Waals surface area contributed by atoms with Crippen molar-refractivity contribution in [3.63, 3.8) is 0 Å². The van der Waals surface area contributed by atoms with Crippen molar-refractivity contribution >= 4 is 11.6 Å². The van der Waals surface area contributed by atoms with Gasteiger partial charge in [0.05, 0.1) is 18.8 Å². The summed E-state index contributed by atoms with van der Waals surface area (Å²) in [4.78, 5) is 19.3. The number of amides is 1. The number of hydrogen-bond donors (Lipinski definition) is 1. The number of rotatable bonds is 4. The van der Waals surface area contributed by atoms with Crippen LogP contribution in [0.3, 0.4) is 0 Å². The van der Waals surface area contributed by atoms with E-state index >= 15 is 0 Å². The second-order valence-corrected chi connectivity index (χ2v) is 6.54. The highest BCUT2D eigenvalue weighted by Gasteiger charge is 2.29. The molecule has 0 aliphatic carbocycles. The number of hydrogen-bond acceptors (Lipinski definition) is 5. The molecule has 0 aromatic carbocycles. The molecule has 1 saturated heterocycles. The third-order valence-corrected chi connectivity index (χ3v) is 4.32. The van der Waals surface area contributed by atoms with Crippen molar-refractivity contribution in [2.75, 3.05) is 32.1 Å². The van der Waals surface area contributed by atoms with Crippen LogP contribution < -0.4 is 5.32 Å². The molecule has 0 saturated carbocycles. The lowest BCUT2D eigenvalue weighted by molar-refractivity contribution is -0.0251. The van der Waals surface area contributed by atoms with Crippen molar-refractivity contribution in [3.05, 3.63) is 41.5 Å². The summed E-state index contributed by atoms with van der Waals surface area (Å²) in [6.45, 7) is 7.54. The number of nitrogens with one attached hydrogen (secondary N) is 1. The van der Waals surface area contributed by atoms with E-state index in [2.05, 4.69) is 15.4 Å². The van der Waals surface area contributed by atoms with Gasteiger partial charge in [-0.2, -0.15) is 5.10 Å². The minimum Gasteiger partial charge on any atom is -0.388 e. The molecule has 7 nitrogen and oxygen atoms in total. The lowest BCUT2D eigenvalue weighted by Gasteiger charge is -2.33. The van der Waals surface area contributed by atoms with Crippen LogP contribution in [0.5, 0.6) is 0 Å².